The zero-order valence-electron chi connectivity index (χ0n) is 23.7. The second-order valence-electron chi connectivity index (χ2n) is 9.78. The van der Waals surface area contributed by atoms with Gasteiger partial charge >= 0.3 is 11.9 Å². The number of hydrogen-bond acceptors (Lipinski definition) is 10. The second-order valence-corrected chi connectivity index (χ2v) is 13.1. The quantitative estimate of drug-likeness (QED) is 0.0642. The Morgan fingerprint density at radius 2 is 0.975 bits per heavy atom. The van der Waals surface area contributed by atoms with Gasteiger partial charge in [0, 0.05) is 13.1 Å². The lowest BCUT2D eigenvalue weighted by molar-refractivity contribution is -0.145. The molecular formula is C28H42N2O6S4. The molecule has 12 heteroatoms. The lowest BCUT2D eigenvalue weighted by atomic mass is 10.1. The van der Waals surface area contributed by atoms with E-state index < -0.39 is 11.8 Å². The predicted molar refractivity (Wildman–Crippen MR) is 169 cm³/mol. The predicted octanol–water partition coefficient (Wildman–Crippen LogP) is 6.51. The van der Waals surface area contributed by atoms with Crippen LogP contribution in [0.1, 0.15) is 104 Å². The third-order valence-corrected chi connectivity index (χ3v) is 9.53. The van der Waals surface area contributed by atoms with Crippen molar-refractivity contribution in [2.45, 2.75) is 104 Å². The number of rotatable bonds is 20. The molecule has 0 saturated carbocycles. The fourth-order valence-corrected chi connectivity index (χ4v) is 6.91. The molecule has 0 atom stereocenters. The van der Waals surface area contributed by atoms with Gasteiger partial charge in [-0.25, -0.2) is 0 Å². The van der Waals surface area contributed by atoms with Crippen LogP contribution in [0.2, 0.25) is 0 Å². The number of thioether (sulfide) groups is 2. The molecule has 2 heterocycles. The number of ether oxygens (including phenoxy) is 2. The summed E-state index contributed by atoms with van der Waals surface area (Å²) in [5, 5.41) is 0. The number of carbonyl (C=O) groups is 4. The number of nitrogens with zero attached hydrogens (tertiary/aromatic N) is 2. The van der Waals surface area contributed by atoms with Gasteiger partial charge in [-0.2, -0.15) is 0 Å². The summed E-state index contributed by atoms with van der Waals surface area (Å²) in [4.78, 5) is 53.5. The molecule has 0 aromatic carbocycles. The summed E-state index contributed by atoms with van der Waals surface area (Å²) in [5.41, 5.74) is 0. The molecule has 2 fully saturated rings. The molecule has 0 aromatic heterocycles. The molecule has 2 aliphatic heterocycles. The van der Waals surface area contributed by atoms with Crippen molar-refractivity contribution in [1.29, 1.82) is 0 Å². The van der Waals surface area contributed by atoms with E-state index >= 15 is 0 Å². The molecule has 2 amide bonds. The minimum atomic E-state index is -0.419. The highest BCUT2D eigenvalue weighted by Gasteiger charge is 2.42. The maximum atomic E-state index is 13.1. The van der Waals surface area contributed by atoms with E-state index in [4.69, 9.17) is 33.9 Å². The fraction of sp³-hybridized carbons (Fsp3) is 0.714. The molecule has 2 aliphatic rings. The average molecular weight is 631 g/mol. The third kappa shape index (κ3) is 11.8. The summed E-state index contributed by atoms with van der Waals surface area (Å²) < 4.78 is 11.1. The average Bonchev–Trinajstić information content (AvgIpc) is 3.37. The summed E-state index contributed by atoms with van der Waals surface area (Å²) >= 11 is 12.8. The van der Waals surface area contributed by atoms with Gasteiger partial charge in [0.15, 0.2) is 0 Å². The number of hydrogen-bond donors (Lipinski definition) is 0. The first-order valence-electron chi connectivity index (χ1n) is 14.4. The standard InChI is InChI=1S/C28H42N2O6S4/c1-3-5-7-9-11-13-19-35-21(31)15-17-29-25(33)23(39-27(29)37)24-26(34)30(28(38)40-24)18-16-22(32)36-20-14-12-10-8-6-4-2/h3-20H2,1-2H3/b24-23+. The van der Waals surface area contributed by atoms with Crippen molar-refractivity contribution in [1.82, 2.24) is 9.80 Å². The van der Waals surface area contributed by atoms with E-state index in [1.807, 2.05) is 0 Å². The lowest BCUT2D eigenvalue weighted by Gasteiger charge is -2.14. The van der Waals surface area contributed by atoms with E-state index in [1.165, 1.54) is 48.3 Å². The first-order chi connectivity index (χ1) is 19.3. The van der Waals surface area contributed by atoms with Crippen LogP contribution in [-0.4, -0.2) is 68.5 Å². The van der Waals surface area contributed by atoms with Crippen molar-refractivity contribution >= 4 is 80.4 Å². The van der Waals surface area contributed by atoms with Crippen LogP contribution in [0, 0.1) is 0 Å². The van der Waals surface area contributed by atoms with Gasteiger partial charge in [-0.15, -0.1) is 0 Å². The Morgan fingerprint density at radius 3 is 1.35 bits per heavy atom. The van der Waals surface area contributed by atoms with E-state index in [1.54, 1.807) is 0 Å². The van der Waals surface area contributed by atoms with Crippen molar-refractivity contribution in [3.8, 4) is 0 Å². The molecule has 0 unspecified atom stereocenters. The SMILES string of the molecule is CCCCCCCCOC(=O)CCN1C(=O)/C(=C2\SC(=S)N(CCC(=O)OCCCCCCCC)C2=O)SC1=S. The molecule has 8 nitrogen and oxygen atoms in total. The van der Waals surface area contributed by atoms with Crippen molar-refractivity contribution in [2.75, 3.05) is 26.3 Å². The molecule has 0 aromatic rings. The van der Waals surface area contributed by atoms with Crippen LogP contribution in [-0.2, 0) is 28.7 Å². The van der Waals surface area contributed by atoms with Gasteiger partial charge in [0.25, 0.3) is 11.8 Å². The Balaban J connectivity index is 1.76. The first-order valence-corrected chi connectivity index (χ1v) is 16.9. The highest BCUT2D eigenvalue weighted by molar-refractivity contribution is 8.29. The van der Waals surface area contributed by atoms with Gasteiger partial charge in [-0.1, -0.05) is 126 Å². The van der Waals surface area contributed by atoms with Gasteiger partial charge in [-0.05, 0) is 12.8 Å². The summed E-state index contributed by atoms with van der Waals surface area (Å²) in [7, 11) is 0. The first kappa shape index (κ1) is 34.7. The minimum Gasteiger partial charge on any atom is -0.466 e. The number of thiocarbonyl (C=S) groups is 2. The van der Waals surface area contributed by atoms with Crippen LogP contribution in [0.4, 0.5) is 0 Å². The Morgan fingerprint density at radius 1 is 0.625 bits per heavy atom. The Kier molecular flexibility index (Phi) is 17.0. The van der Waals surface area contributed by atoms with Crippen LogP contribution in [0.3, 0.4) is 0 Å². The Hall–Kier alpha value is -1.50. The van der Waals surface area contributed by atoms with Crippen molar-refractivity contribution in [3.63, 3.8) is 0 Å². The monoisotopic (exact) mass is 630 g/mol. The maximum Gasteiger partial charge on any atom is 0.307 e. The molecule has 2 rings (SSSR count). The van der Waals surface area contributed by atoms with Gasteiger partial charge in [0.05, 0.1) is 35.9 Å². The van der Waals surface area contributed by atoms with Gasteiger partial charge < -0.3 is 9.47 Å². The van der Waals surface area contributed by atoms with E-state index in [9.17, 15) is 19.2 Å². The normalized spacial score (nSPS) is 17.4. The van der Waals surface area contributed by atoms with Crippen molar-refractivity contribution < 1.29 is 28.7 Å². The number of unbranched alkanes of at least 4 members (excludes halogenated alkanes) is 10. The van der Waals surface area contributed by atoms with Crippen molar-refractivity contribution in [3.05, 3.63) is 9.81 Å². The van der Waals surface area contributed by atoms with E-state index in [0.717, 1.165) is 62.0 Å². The molecule has 0 spiro atoms. The van der Waals surface area contributed by atoms with Crippen LogP contribution < -0.4 is 0 Å². The molecule has 0 aliphatic carbocycles. The highest BCUT2D eigenvalue weighted by atomic mass is 32.2. The largest absolute Gasteiger partial charge is 0.466 e. The topological polar surface area (TPSA) is 93.2 Å². The van der Waals surface area contributed by atoms with Crippen LogP contribution in [0.25, 0.3) is 0 Å². The summed E-state index contributed by atoms with van der Waals surface area (Å²) in [6.45, 7) is 5.27. The Labute approximate surface area is 257 Å². The van der Waals surface area contributed by atoms with Crippen LogP contribution in [0.5, 0.6) is 0 Å². The van der Waals surface area contributed by atoms with Gasteiger partial charge in [-0.3, -0.25) is 29.0 Å². The summed E-state index contributed by atoms with van der Waals surface area (Å²) in [6, 6.07) is 0. The second kappa shape index (κ2) is 19.6. The zero-order valence-corrected chi connectivity index (χ0v) is 27.0. The number of esters is 2. The van der Waals surface area contributed by atoms with Crippen LogP contribution >= 0.6 is 48.0 Å². The number of carbonyl (C=O) groups excluding carboxylic acids is 4. The maximum absolute atomic E-state index is 13.1. The molecule has 0 N–H and O–H groups in total. The third-order valence-electron chi connectivity index (χ3n) is 6.51. The molecular weight excluding hydrogens is 589 g/mol. The van der Waals surface area contributed by atoms with E-state index in [0.29, 0.717) is 13.2 Å². The number of amides is 2. The Bertz CT molecular complexity index is 881. The summed E-state index contributed by atoms with van der Waals surface area (Å²) in [5.74, 6) is -1.59. The van der Waals surface area contributed by atoms with Crippen molar-refractivity contribution in [2.24, 2.45) is 0 Å². The molecule has 0 radical (unpaired) electrons. The molecule has 0 bridgehead atoms. The highest BCUT2D eigenvalue weighted by Crippen LogP contribution is 2.42. The summed E-state index contributed by atoms with van der Waals surface area (Å²) in [6.07, 6.45) is 13.3. The van der Waals surface area contributed by atoms with E-state index in [-0.39, 0.29) is 56.3 Å². The molecule has 224 valence electrons. The molecule has 40 heavy (non-hydrogen) atoms. The van der Waals surface area contributed by atoms with E-state index in [2.05, 4.69) is 13.8 Å². The smallest absolute Gasteiger partial charge is 0.307 e. The van der Waals surface area contributed by atoms with Crippen LogP contribution in [0.15, 0.2) is 9.81 Å². The van der Waals surface area contributed by atoms with Gasteiger partial charge in [0.1, 0.15) is 8.64 Å². The molecule has 2 saturated heterocycles. The minimum absolute atomic E-state index is 0.0252. The van der Waals surface area contributed by atoms with Gasteiger partial charge in [0.2, 0.25) is 0 Å². The fourth-order valence-electron chi connectivity index (χ4n) is 4.14. The zero-order chi connectivity index (χ0) is 29.3. The lowest BCUT2D eigenvalue weighted by Crippen LogP contribution is -2.32.